The van der Waals surface area contributed by atoms with Gasteiger partial charge in [0.05, 0.1) is 17.6 Å². The van der Waals surface area contributed by atoms with Gasteiger partial charge in [0.1, 0.15) is 0 Å². The van der Waals surface area contributed by atoms with Gasteiger partial charge < -0.3 is 10.3 Å². The molecule has 1 aromatic carbocycles. The van der Waals surface area contributed by atoms with Gasteiger partial charge in [0.25, 0.3) is 0 Å². The van der Waals surface area contributed by atoms with Gasteiger partial charge in [0, 0.05) is 18.2 Å². The van der Waals surface area contributed by atoms with Gasteiger partial charge in [-0.05, 0) is 5.56 Å². The lowest BCUT2D eigenvalue weighted by molar-refractivity contribution is 0.796. The van der Waals surface area contributed by atoms with E-state index in [1.165, 1.54) is 16.9 Å². The van der Waals surface area contributed by atoms with Gasteiger partial charge in [0.15, 0.2) is 10.3 Å². The Kier molecular flexibility index (Phi) is 3.75. The van der Waals surface area contributed by atoms with Crippen LogP contribution in [0.15, 0.2) is 47.1 Å². The van der Waals surface area contributed by atoms with E-state index in [0.717, 1.165) is 22.3 Å². The Bertz CT molecular complexity index is 703. The molecule has 2 aromatic heterocycles. The summed E-state index contributed by atoms with van der Waals surface area (Å²) in [5.41, 5.74) is 8.93. The Morgan fingerprint density at radius 1 is 1.30 bits per heavy atom. The molecule has 20 heavy (non-hydrogen) atoms. The summed E-state index contributed by atoms with van der Waals surface area (Å²) in [4.78, 5) is 8.74. The zero-order valence-electron chi connectivity index (χ0n) is 11.0. The average molecular weight is 302 g/mol. The van der Waals surface area contributed by atoms with Crippen molar-refractivity contribution in [1.29, 1.82) is 0 Å². The van der Waals surface area contributed by atoms with Crippen LogP contribution in [0.5, 0.6) is 0 Å². The number of thioether (sulfide) groups is 1. The first-order valence-electron chi connectivity index (χ1n) is 6.14. The molecule has 0 unspecified atom stereocenters. The number of aromatic nitrogens is 3. The number of benzene rings is 1. The Morgan fingerprint density at radius 3 is 2.80 bits per heavy atom. The molecule has 0 spiro atoms. The second-order valence-electron chi connectivity index (χ2n) is 4.32. The summed E-state index contributed by atoms with van der Waals surface area (Å²) in [5, 5.41) is 3.59. The minimum absolute atomic E-state index is 0.616. The molecule has 3 aromatic rings. The first kappa shape index (κ1) is 13.2. The zero-order valence-corrected chi connectivity index (χ0v) is 12.6. The van der Waals surface area contributed by atoms with Gasteiger partial charge in [-0.3, -0.25) is 0 Å². The van der Waals surface area contributed by atoms with Crippen LogP contribution < -0.4 is 5.73 Å². The van der Waals surface area contributed by atoms with Crippen molar-refractivity contribution < 1.29 is 0 Å². The molecule has 0 aliphatic heterocycles. The number of imidazole rings is 1. The van der Waals surface area contributed by atoms with Crippen molar-refractivity contribution in [3.05, 3.63) is 47.6 Å². The Hall–Kier alpha value is -1.79. The fourth-order valence-corrected chi connectivity index (χ4v) is 3.44. The van der Waals surface area contributed by atoms with E-state index in [1.54, 1.807) is 11.8 Å². The molecule has 0 aliphatic rings. The maximum absolute atomic E-state index is 5.63. The molecule has 2 N–H and O–H groups in total. The smallest absolute Gasteiger partial charge is 0.180 e. The minimum atomic E-state index is 0.616. The van der Waals surface area contributed by atoms with Gasteiger partial charge in [-0.25, -0.2) is 9.97 Å². The lowest BCUT2D eigenvalue weighted by atomic mass is 10.2. The number of thiazole rings is 1. The van der Waals surface area contributed by atoms with Crippen molar-refractivity contribution in [3.63, 3.8) is 0 Å². The highest BCUT2D eigenvalue weighted by atomic mass is 32.2. The maximum Gasteiger partial charge on any atom is 0.180 e. The van der Waals surface area contributed by atoms with Gasteiger partial charge in [-0.1, -0.05) is 42.1 Å². The standard InChI is InChI=1S/C14H14N4S2/c1-18-12(10-5-3-2-4-6-10)7-16-14(18)20-9-11-8-19-13(15)17-11/h2-8H,9H2,1H3,(H2,15,17). The molecule has 0 radical (unpaired) electrons. The highest BCUT2D eigenvalue weighted by Crippen LogP contribution is 2.27. The average Bonchev–Trinajstić information content (AvgIpc) is 3.04. The van der Waals surface area contributed by atoms with Gasteiger partial charge in [0.2, 0.25) is 0 Å². The van der Waals surface area contributed by atoms with E-state index < -0.39 is 0 Å². The van der Waals surface area contributed by atoms with Crippen LogP contribution in [0.25, 0.3) is 11.3 Å². The number of nitrogens with two attached hydrogens (primary N) is 1. The Morgan fingerprint density at radius 2 is 2.10 bits per heavy atom. The molecule has 2 heterocycles. The first-order valence-corrected chi connectivity index (χ1v) is 8.00. The van der Waals surface area contributed by atoms with E-state index in [0.29, 0.717) is 5.13 Å². The molecule has 4 nitrogen and oxygen atoms in total. The summed E-state index contributed by atoms with van der Waals surface area (Å²) in [5.74, 6) is 0.785. The normalized spacial score (nSPS) is 10.8. The fourth-order valence-electron chi connectivity index (χ4n) is 1.93. The topological polar surface area (TPSA) is 56.7 Å². The van der Waals surface area contributed by atoms with Crippen LogP contribution >= 0.6 is 23.1 Å². The van der Waals surface area contributed by atoms with Crippen LogP contribution in [-0.2, 0) is 12.8 Å². The van der Waals surface area contributed by atoms with Crippen molar-refractivity contribution in [2.24, 2.45) is 7.05 Å². The predicted octanol–water partition coefficient (Wildman–Crippen LogP) is 3.42. The number of rotatable bonds is 4. The Balaban J connectivity index is 1.77. The largest absolute Gasteiger partial charge is 0.375 e. The summed E-state index contributed by atoms with van der Waals surface area (Å²) < 4.78 is 2.11. The van der Waals surface area contributed by atoms with Crippen LogP contribution in [0.2, 0.25) is 0 Å². The lowest BCUT2D eigenvalue weighted by Gasteiger charge is -2.05. The molecule has 102 valence electrons. The van der Waals surface area contributed by atoms with Crippen LogP contribution in [-0.4, -0.2) is 14.5 Å². The van der Waals surface area contributed by atoms with Crippen molar-refractivity contribution in [1.82, 2.24) is 14.5 Å². The fraction of sp³-hybridized carbons (Fsp3) is 0.143. The van der Waals surface area contributed by atoms with Crippen LogP contribution in [0.1, 0.15) is 5.69 Å². The van der Waals surface area contributed by atoms with Crippen molar-refractivity contribution in [2.45, 2.75) is 10.9 Å². The summed E-state index contributed by atoms with van der Waals surface area (Å²) in [6.07, 6.45) is 1.91. The molecule has 3 rings (SSSR count). The zero-order chi connectivity index (χ0) is 13.9. The third-order valence-electron chi connectivity index (χ3n) is 2.93. The van der Waals surface area contributed by atoms with Gasteiger partial charge in [-0.15, -0.1) is 11.3 Å². The lowest BCUT2D eigenvalue weighted by Crippen LogP contribution is -1.94. The third kappa shape index (κ3) is 2.71. The molecule has 0 atom stereocenters. The third-order valence-corrected chi connectivity index (χ3v) is 4.73. The highest BCUT2D eigenvalue weighted by molar-refractivity contribution is 7.98. The van der Waals surface area contributed by atoms with Crippen molar-refractivity contribution in [3.8, 4) is 11.3 Å². The second-order valence-corrected chi connectivity index (χ2v) is 6.15. The van der Waals surface area contributed by atoms with E-state index in [-0.39, 0.29) is 0 Å². The summed E-state index contributed by atoms with van der Waals surface area (Å²) in [6.45, 7) is 0. The summed E-state index contributed by atoms with van der Waals surface area (Å²) in [7, 11) is 2.03. The van der Waals surface area contributed by atoms with E-state index in [1.807, 2.05) is 36.8 Å². The van der Waals surface area contributed by atoms with Gasteiger partial charge >= 0.3 is 0 Å². The highest BCUT2D eigenvalue weighted by Gasteiger charge is 2.09. The molecule has 0 saturated carbocycles. The quantitative estimate of drug-likeness (QED) is 0.750. The molecule has 0 bridgehead atoms. The second kappa shape index (κ2) is 5.68. The number of nitrogen functional groups attached to an aromatic ring is 1. The molecule has 0 fully saturated rings. The first-order chi connectivity index (χ1) is 9.74. The van der Waals surface area contributed by atoms with E-state index >= 15 is 0 Å². The molecular weight excluding hydrogens is 288 g/mol. The number of anilines is 1. The number of hydrogen-bond acceptors (Lipinski definition) is 5. The van der Waals surface area contributed by atoms with E-state index in [9.17, 15) is 0 Å². The van der Waals surface area contributed by atoms with Gasteiger partial charge in [-0.2, -0.15) is 0 Å². The van der Waals surface area contributed by atoms with E-state index in [2.05, 4.69) is 26.7 Å². The summed E-state index contributed by atoms with van der Waals surface area (Å²) in [6, 6.07) is 10.3. The molecule has 6 heteroatoms. The van der Waals surface area contributed by atoms with Crippen LogP contribution in [0.3, 0.4) is 0 Å². The molecular formula is C14H14N4S2. The predicted molar refractivity (Wildman–Crippen MR) is 84.7 cm³/mol. The number of hydrogen-bond donors (Lipinski definition) is 1. The Labute approximate surface area is 125 Å². The SMILES string of the molecule is Cn1c(-c2ccccc2)cnc1SCc1csc(N)n1. The molecule has 0 amide bonds. The molecule has 0 saturated heterocycles. The van der Waals surface area contributed by atoms with Crippen LogP contribution in [0, 0.1) is 0 Å². The molecule has 0 aliphatic carbocycles. The maximum atomic E-state index is 5.63. The van der Waals surface area contributed by atoms with Crippen molar-refractivity contribution >= 4 is 28.2 Å². The minimum Gasteiger partial charge on any atom is -0.375 e. The summed E-state index contributed by atoms with van der Waals surface area (Å²) >= 11 is 3.14. The van der Waals surface area contributed by atoms with Crippen LogP contribution in [0.4, 0.5) is 5.13 Å². The van der Waals surface area contributed by atoms with Crippen molar-refractivity contribution in [2.75, 3.05) is 5.73 Å². The monoisotopic (exact) mass is 302 g/mol. The van der Waals surface area contributed by atoms with E-state index in [4.69, 9.17) is 5.73 Å². The number of nitrogens with zero attached hydrogens (tertiary/aromatic N) is 3.